The van der Waals surface area contributed by atoms with Gasteiger partial charge >= 0.3 is 6.09 Å². The van der Waals surface area contributed by atoms with E-state index in [4.69, 9.17) is 4.74 Å². The molecule has 0 aromatic carbocycles. The number of hydrogen-bond donors (Lipinski definition) is 2. The van der Waals surface area contributed by atoms with Crippen LogP contribution in [0.1, 0.15) is 47.5 Å². The number of rotatable bonds is 9. The van der Waals surface area contributed by atoms with E-state index in [2.05, 4.69) is 26.6 Å². The fraction of sp³-hybridized carbons (Fsp3) is 0.667. The normalized spacial score (nSPS) is 13.5. The molecular formula is C18H32BrN3O3. The molecule has 0 saturated heterocycles. The third-order valence-electron chi connectivity index (χ3n) is 3.11. The number of allylic oxidation sites excluding steroid dienone is 2. The number of alkyl halides is 1. The van der Waals surface area contributed by atoms with Crippen molar-refractivity contribution in [2.75, 3.05) is 18.9 Å². The lowest BCUT2D eigenvalue weighted by Gasteiger charge is -2.32. The van der Waals surface area contributed by atoms with Crippen LogP contribution in [0.5, 0.6) is 0 Å². The van der Waals surface area contributed by atoms with Gasteiger partial charge in [-0.1, -0.05) is 35.9 Å². The van der Waals surface area contributed by atoms with E-state index in [1.165, 1.54) is 4.90 Å². The van der Waals surface area contributed by atoms with Gasteiger partial charge in [0.25, 0.3) is 0 Å². The summed E-state index contributed by atoms with van der Waals surface area (Å²) in [5.41, 5.74) is 0.0271. The highest BCUT2D eigenvalue weighted by Gasteiger charge is 2.31. The van der Waals surface area contributed by atoms with E-state index in [0.717, 1.165) is 6.42 Å². The summed E-state index contributed by atoms with van der Waals surface area (Å²) < 4.78 is 5.46. The van der Waals surface area contributed by atoms with Gasteiger partial charge < -0.3 is 15.4 Å². The summed E-state index contributed by atoms with van der Waals surface area (Å²) in [7, 11) is 1.76. The molecule has 0 aliphatic heterocycles. The van der Waals surface area contributed by atoms with Gasteiger partial charge in [-0.05, 0) is 39.7 Å². The van der Waals surface area contributed by atoms with Gasteiger partial charge in [-0.15, -0.1) is 0 Å². The van der Waals surface area contributed by atoms with E-state index in [1.807, 2.05) is 40.7 Å². The summed E-state index contributed by atoms with van der Waals surface area (Å²) in [5.74, 6) is -0.234. The second-order valence-corrected chi connectivity index (χ2v) is 7.18. The molecule has 0 radical (unpaired) electrons. The Kier molecular flexibility index (Phi) is 11.2. The molecule has 0 bridgehead atoms. The van der Waals surface area contributed by atoms with Crippen LogP contribution in [0.15, 0.2) is 24.0 Å². The van der Waals surface area contributed by atoms with E-state index in [0.29, 0.717) is 24.0 Å². The predicted octanol–water partition coefficient (Wildman–Crippen LogP) is 3.54. The van der Waals surface area contributed by atoms with E-state index >= 15 is 0 Å². The van der Waals surface area contributed by atoms with Crippen molar-refractivity contribution in [1.82, 2.24) is 15.5 Å². The Morgan fingerprint density at radius 2 is 1.92 bits per heavy atom. The standard InChI is InChI=1S/C18H32BrN3O3/c1-7-12-22(17(24)25-18(3,4)5)15(8-2)16(23)21-14(13-20-6)10-9-11-19/h9-10,13,15,20H,7-8,11-12H2,1-6H3,(H,21,23)/b10-9-,14-13+/t15-/m0/s1. The van der Waals surface area contributed by atoms with E-state index < -0.39 is 17.7 Å². The molecule has 0 saturated carbocycles. The smallest absolute Gasteiger partial charge is 0.410 e. The number of amides is 2. The minimum absolute atomic E-state index is 0.234. The first-order valence-corrected chi connectivity index (χ1v) is 9.72. The topological polar surface area (TPSA) is 70.7 Å². The molecule has 1 atom stereocenters. The lowest BCUT2D eigenvalue weighted by atomic mass is 10.1. The van der Waals surface area contributed by atoms with Gasteiger partial charge in [0.2, 0.25) is 5.91 Å². The summed E-state index contributed by atoms with van der Waals surface area (Å²) >= 11 is 3.31. The lowest BCUT2D eigenvalue weighted by molar-refractivity contribution is -0.125. The van der Waals surface area contributed by atoms with Crippen molar-refractivity contribution in [2.24, 2.45) is 0 Å². The highest BCUT2D eigenvalue weighted by atomic mass is 79.9. The first-order chi connectivity index (χ1) is 11.7. The average molecular weight is 418 g/mol. The van der Waals surface area contributed by atoms with Crippen LogP contribution in [0.3, 0.4) is 0 Å². The number of hydrogen-bond acceptors (Lipinski definition) is 4. The number of nitrogens with one attached hydrogen (secondary N) is 2. The Morgan fingerprint density at radius 1 is 1.28 bits per heavy atom. The van der Waals surface area contributed by atoms with Crippen molar-refractivity contribution in [3.05, 3.63) is 24.0 Å². The third-order valence-corrected chi connectivity index (χ3v) is 3.49. The average Bonchev–Trinajstić information content (AvgIpc) is 2.51. The maximum atomic E-state index is 12.7. The van der Waals surface area contributed by atoms with Gasteiger partial charge in [-0.2, -0.15) is 0 Å². The second kappa shape index (κ2) is 12.0. The number of carbonyl (C=O) groups is 2. The predicted molar refractivity (Wildman–Crippen MR) is 106 cm³/mol. The van der Waals surface area contributed by atoms with Gasteiger partial charge in [-0.3, -0.25) is 9.69 Å². The molecule has 25 heavy (non-hydrogen) atoms. The van der Waals surface area contributed by atoms with Crippen LogP contribution >= 0.6 is 15.9 Å². The van der Waals surface area contributed by atoms with Gasteiger partial charge in [0, 0.05) is 25.1 Å². The van der Waals surface area contributed by atoms with E-state index in [-0.39, 0.29) is 5.91 Å². The molecule has 0 aliphatic carbocycles. The Bertz CT molecular complexity index is 484. The minimum Gasteiger partial charge on any atom is -0.444 e. The molecular weight excluding hydrogens is 386 g/mol. The molecule has 0 unspecified atom stereocenters. The molecule has 0 aliphatic rings. The van der Waals surface area contributed by atoms with E-state index in [1.54, 1.807) is 19.3 Å². The van der Waals surface area contributed by atoms with E-state index in [9.17, 15) is 9.59 Å². The maximum Gasteiger partial charge on any atom is 0.410 e. The third kappa shape index (κ3) is 9.53. The molecule has 0 spiro atoms. The second-order valence-electron chi connectivity index (χ2n) is 6.53. The van der Waals surface area contributed by atoms with Crippen LogP contribution in [0, 0.1) is 0 Å². The SMILES string of the molecule is CCCN(C(=O)OC(C)(C)C)[C@@H](CC)C(=O)NC(/C=C\CBr)=C/NC. The van der Waals surface area contributed by atoms with Crippen molar-refractivity contribution >= 4 is 27.9 Å². The molecule has 0 fully saturated rings. The van der Waals surface area contributed by atoms with Crippen molar-refractivity contribution in [3.63, 3.8) is 0 Å². The maximum absolute atomic E-state index is 12.7. The first-order valence-electron chi connectivity index (χ1n) is 8.60. The Labute approximate surface area is 160 Å². The van der Waals surface area contributed by atoms with Crippen molar-refractivity contribution in [1.29, 1.82) is 0 Å². The van der Waals surface area contributed by atoms with Gasteiger partial charge in [0.15, 0.2) is 0 Å². The van der Waals surface area contributed by atoms with Crippen LogP contribution in [-0.2, 0) is 9.53 Å². The van der Waals surface area contributed by atoms with Crippen LogP contribution < -0.4 is 10.6 Å². The number of nitrogens with zero attached hydrogens (tertiary/aromatic N) is 1. The van der Waals surface area contributed by atoms with Crippen molar-refractivity contribution in [2.45, 2.75) is 59.1 Å². The molecule has 0 heterocycles. The molecule has 0 rings (SSSR count). The summed E-state index contributed by atoms with van der Waals surface area (Å²) in [6.07, 6.45) is 6.15. The molecule has 6 nitrogen and oxygen atoms in total. The number of ether oxygens (including phenoxy) is 1. The van der Waals surface area contributed by atoms with Gasteiger partial charge in [-0.25, -0.2) is 4.79 Å². The highest BCUT2D eigenvalue weighted by molar-refractivity contribution is 9.09. The van der Waals surface area contributed by atoms with Crippen molar-refractivity contribution < 1.29 is 14.3 Å². The summed E-state index contributed by atoms with van der Waals surface area (Å²) in [6, 6.07) is -0.590. The fourth-order valence-corrected chi connectivity index (χ4v) is 2.35. The molecule has 0 aromatic heterocycles. The monoisotopic (exact) mass is 417 g/mol. The Balaban J connectivity index is 5.31. The van der Waals surface area contributed by atoms with Gasteiger partial charge in [0.05, 0.1) is 5.70 Å². The molecule has 2 N–H and O–H groups in total. The Morgan fingerprint density at radius 3 is 2.36 bits per heavy atom. The largest absolute Gasteiger partial charge is 0.444 e. The molecule has 144 valence electrons. The van der Waals surface area contributed by atoms with Crippen LogP contribution in [0.2, 0.25) is 0 Å². The zero-order chi connectivity index (χ0) is 19.5. The van der Waals surface area contributed by atoms with Crippen LogP contribution in [0.25, 0.3) is 0 Å². The highest BCUT2D eigenvalue weighted by Crippen LogP contribution is 2.15. The van der Waals surface area contributed by atoms with Crippen LogP contribution in [0.4, 0.5) is 4.79 Å². The quantitative estimate of drug-likeness (QED) is 0.444. The van der Waals surface area contributed by atoms with Crippen molar-refractivity contribution in [3.8, 4) is 0 Å². The number of carbonyl (C=O) groups excluding carboxylic acids is 2. The zero-order valence-electron chi connectivity index (χ0n) is 16.2. The first kappa shape index (κ1) is 23.5. The lowest BCUT2D eigenvalue weighted by Crippen LogP contribution is -2.50. The van der Waals surface area contributed by atoms with Gasteiger partial charge in [0.1, 0.15) is 11.6 Å². The summed E-state index contributed by atoms with van der Waals surface area (Å²) in [5, 5.41) is 6.44. The number of halogens is 1. The van der Waals surface area contributed by atoms with Crippen LogP contribution in [-0.4, -0.2) is 47.5 Å². The fourth-order valence-electron chi connectivity index (χ4n) is 2.16. The Hall–Kier alpha value is -1.50. The summed E-state index contributed by atoms with van der Waals surface area (Å²) in [4.78, 5) is 26.8. The minimum atomic E-state index is -0.604. The molecule has 0 aromatic rings. The molecule has 7 heteroatoms. The zero-order valence-corrected chi connectivity index (χ0v) is 17.8. The summed E-state index contributed by atoms with van der Waals surface area (Å²) in [6.45, 7) is 9.75. The molecule has 2 amide bonds.